The van der Waals surface area contributed by atoms with Crippen molar-refractivity contribution >= 4 is 43.5 Å². The molecule has 1 fully saturated rings. The summed E-state index contributed by atoms with van der Waals surface area (Å²) in [4.78, 5) is 27.4. The summed E-state index contributed by atoms with van der Waals surface area (Å²) in [7, 11) is -4.07. The molecule has 3 aromatic carbocycles. The van der Waals surface area contributed by atoms with E-state index in [4.69, 9.17) is 0 Å². The van der Waals surface area contributed by atoms with Gasteiger partial charge in [-0.1, -0.05) is 63.5 Å². The third-order valence-corrected chi connectivity index (χ3v) is 8.04. The minimum atomic E-state index is -4.07. The van der Waals surface area contributed by atoms with Crippen molar-refractivity contribution < 1.29 is 18.0 Å². The van der Waals surface area contributed by atoms with Gasteiger partial charge in [-0.25, -0.2) is 13.3 Å². The van der Waals surface area contributed by atoms with Crippen LogP contribution in [-0.4, -0.2) is 30.6 Å². The second-order valence-electron chi connectivity index (χ2n) is 8.11. The third-order valence-electron chi connectivity index (χ3n) is 5.64. The Bertz CT molecular complexity index is 1290. The van der Waals surface area contributed by atoms with Gasteiger partial charge >= 0.3 is 0 Å². The topological polar surface area (TPSA) is 74.8 Å². The molecule has 1 unspecified atom stereocenters. The molecule has 0 spiro atoms. The molecule has 2 amide bonds. The van der Waals surface area contributed by atoms with Crippen LogP contribution in [0.5, 0.6) is 0 Å². The van der Waals surface area contributed by atoms with Gasteiger partial charge in [0.15, 0.2) is 0 Å². The Labute approximate surface area is 202 Å². The van der Waals surface area contributed by atoms with Crippen LogP contribution in [0.1, 0.15) is 23.1 Å². The van der Waals surface area contributed by atoms with E-state index in [0.717, 1.165) is 30.4 Å². The monoisotopic (exact) mass is 526 g/mol. The van der Waals surface area contributed by atoms with Crippen molar-refractivity contribution in [3.63, 3.8) is 0 Å². The van der Waals surface area contributed by atoms with Gasteiger partial charge in [0.1, 0.15) is 6.04 Å². The minimum absolute atomic E-state index is 0.0237. The van der Waals surface area contributed by atoms with E-state index in [9.17, 15) is 18.0 Å². The Kier molecular flexibility index (Phi) is 6.52. The number of aryl methyl sites for hydroxylation is 2. The molecule has 0 saturated carbocycles. The molecule has 1 aliphatic heterocycles. The fraction of sp³-hybridized carbons (Fsp3) is 0.200. The molecular formula is C25H23BrN2O4S. The standard InChI is InChI=1S/C25H23BrN2O4S/c1-17-3-7-19(8-4-17)16-27(33(31,32)22-13-9-20(26)10-14-22)23-15-24(29)28(25(23)30)21-11-5-18(2)6-12-21/h3-14,23H,15-16H2,1-2H3. The lowest BCUT2D eigenvalue weighted by atomic mass is 10.1. The number of amides is 2. The molecule has 0 aliphatic carbocycles. The lowest BCUT2D eigenvalue weighted by Crippen LogP contribution is -2.45. The minimum Gasteiger partial charge on any atom is -0.274 e. The van der Waals surface area contributed by atoms with E-state index >= 15 is 0 Å². The molecule has 3 aromatic rings. The Hall–Kier alpha value is -2.81. The largest absolute Gasteiger partial charge is 0.274 e. The van der Waals surface area contributed by atoms with Crippen molar-refractivity contribution in [1.82, 2.24) is 4.31 Å². The molecular weight excluding hydrogens is 504 g/mol. The number of hydrogen-bond acceptors (Lipinski definition) is 4. The van der Waals surface area contributed by atoms with Crippen LogP contribution in [-0.2, 0) is 26.2 Å². The first-order chi connectivity index (χ1) is 15.7. The van der Waals surface area contributed by atoms with Crippen LogP contribution in [0.3, 0.4) is 0 Å². The predicted molar refractivity (Wildman–Crippen MR) is 130 cm³/mol. The van der Waals surface area contributed by atoms with E-state index in [-0.39, 0.29) is 17.9 Å². The second kappa shape index (κ2) is 9.21. The van der Waals surface area contributed by atoms with Gasteiger partial charge in [0.25, 0.3) is 5.91 Å². The van der Waals surface area contributed by atoms with Crippen LogP contribution < -0.4 is 4.90 Å². The normalized spacial score (nSPS) is 16.6. The number of halogens is 1. The van der Waals surface area contributed by atoms with Gasteiger partial charge in [0.05, 0.1) is 17.0 Å². The Morgan fingerprint density at radius 1 is 0.879 bits per heavy atom. The number of hydrogen-bond donors (Lipinski definition) is 0. The van der Waals surface area contributed by atoms with Crippen LogP contribution in [0.15, 0.2) is 82.2 Å². The van der Waals surface area contributed by atoms with Crippen LogP contribution in [0.2, 0.25) is 0 Å². The summed E-state index contributed by atoms with van der Waals surface area (Å²) >= 11 is 3.32. The van der Waals surface area contributed by atoms with Gasteiger partial charge in [-0.15, -0.1) is 0 Å². The lowest BCUT2D eigenvalue weighted by molar-refractivity contribution is -0.122. The summed E-state index contributed by atoms with van der Waals surface area (Å²) in [5.41, 5.74) is 3.21. The average Bonchev–Trinajstić information content (AvgIpc) is 3.07. The number of nitrogens with zero attached hydrogens (tertiary/aromatic N) is 2. The summed E-state index contributed by atoms with van der Waals surface area (Å²) in [6, 6.07) is 19.6. The molecule has 0 N–H and O–H groups in total. The molecule has 33 heavy (non-hydrogen) atoms. The quantitative estimate of drug-likeness (QED) is 0.440. The van der Waals surface area contributed by atoms with E-state index in [1.807, 2.05) is 50.2 Å². The zero-order chi connectivity index (χ0) is 23.8. The van der Waals surface area contributed by atoms with Crippen molar-refractivity contribution in [2.75, 3.05) is 4.90 Å². The molecule has 170 valence electrons. The highest BCUT2D eigenvalue weighted by molar-refractivity contribution is 9.10. The summed E-state index contributed by atoms with van der Waals surface area (Å²) in [6.45, 7) is 3.83. The van der Waals surface area contributed by atoms with E-state index in [1.165, 1.54) is 12.1 Å². The first-order valence-corrected chi connectivity index (χ1v) is 12.7. The number of imide groups is 1. The second-order valence-corrected chi connectivity index (χ2v) is 10.9. The fourth-order valence-corrected chi connectivity index (χ4v) is 5.62. The van der Waals surface area contributed by atoms with Crippen molar-refractivity contribution in [1.29, 1.82) is 0 Å². The zero-order valence-corrected chi connectivity index (χ0v) is 20.6. The number of sulfonamides is 1. The smallest absolute Gasteiger partial charge is 0.252 e. The fourth-order valence-electron chi connectivity index (χ4n) is 3.78. The third kappa shape index (κ3) is 4.78. The highest BCUT2D eigenvalue weighted by atomic mass is 79.9. The van der Waals surface area contributed by atoms with Crippen LogP contribution in [0, 0.1) is 13.8 Å². The molecule has 0 aromatic heterocycles. The maximum absolute atomic E-state index is 13.7. The van der Waals surface area contributed by atoms with Crippen LogP contribution in [0.25, 0.3) is 0 Å². The van der Waals surface area contributed by atoms with E-state index in [2.05, 4.69) is 15.9 Å². The summed E-state index contributed by atoms with van der Waals surface area (Å²) in [6.07, 6.45) is -0.214. The first-order valence-electron chi connectivity index (χ1n) is 10.4. The molecule has 1 saturated heterocycles. The van der Waals surface area contributed by atoms with Gasteiger partial charge in [-0.2, -0.15) is 4.31 Å². The molecule has 8 heteroatoms. The van der Waals surface area contributed by atoms with E-state index in [0.29, 0.717) is 5.69 Å². The summed E-state index contributed by atoms with van der Waals surface area (Å²) < 4.78 is 29.2. The summed E-state index contributed by atoms with van der Waals surface area (Å²) in [5, 5.41) is 0. The van der Waals surface area contributed by atoms with Crippen molar-refractivity contribution in [3.8, 4) is 0 Å². The average molecular weight is 527 g/mol. The molecule has 1 aliphatic rings. The van der Waals surface area contributed by atoms with E-state index < -0.39 is 27.9 Å². The van der Waals surface area contributed by atoms with Crippen molar-refractivity contribution in [2.45, 2.75) is 37.8 Å². The molecule has 4 rings (SSSR count). The highest BCUT2D eigenvalue weighted by Crippen LogP contribution is 2.31. The number of rotatable bonds is 6. The Balaban J connectivity index is 1.74. The Morgan fingerprint density at radius 3 is 2.00 bits per heavy atom. The van der Waals surface area contributed by atoms with E-state index in [1.54, 1.807) is 24.3 Å². The van der Waals surface area contributed by atoms with Crippen molar-refractivity contribution in [3.05, 3.63) is 94.0 Å². The SMILES string of the molecule is Cc1ccc(CN(C2CC(=O)N(c3ccc(C)cc3)C2=O)S(=O)(=O)c2ccc(Br)cc2)cc1. The molecule has 1 atom stereocenters. The molecule has 1 heterocycles. The van der Waals surface area contributed by atoms with Gasteiger partial charge in [-0.05, 0) is 55.8 Å². The molecule has 0 bridgehead atoms. The van der Waals surface area contributed by atoms with Crippen molar-refractivity contribution in [2.24, 2.45) is 0 Å². The number of anilines is 1. The lowest BCUT2D eigenvalue weighted by Gasteiger charge is -2.27. The highest BCUT2D eigenvalue weighted by Gasteiger charge is 2.47. The van der Waals surface area contributed by atoms with Gasteiger partial charge in [0, 0.05) is 11.0 Å². The predicted octanol–water partition coefficient (Wildman–Crippen LogP) is 4.59. The molecule has 0 radical (unpaired) electrons. The number of benzene rings is 3. The van der Waals surface area contributed by atoms with Crippen LogP contribution in [0.4, 0.5) is 5.69 Å². The maximum Gasteiger partial charge on any atom is 0.252 e. The van der Waals surface area contributed by atoms with Gasteiger partial charge < -0.3 is 0 Å². The number of carbonyl (C=O) groups excluding carboxylic acids is 2. The maximum atomic E-state index is 13.7. The zero-order valence-electron chi connectivity index (χ0n) is 18.2. The number of carbonyl (C=O) groups is 2. The van der Waals surface area contributed by atoms with Gasteiger partial charge in [-0.3, -0.25) is 9.59 Å². The molecule has 6 nitrogen and oxygen atoms in total. The summed E-state index contributed by atoms with van der Waals surface area (Å²) in [5.74, 6) is -0.967. The first kappa shape index (κ1) is 23.4. The van der Waals surface area contributed by atoms with Crippen LogP contribution >= 0.6 is 15.9 Å². The van der Waals surface area contributed by atoms with Gasteiger partial charge in [0.2, 0.25) is 15.9 Å². The Morgan fingerprint density at radius 2 is 1.42 bits per heavy atom.